The van der Waals surface area contributed by atoms with Crippen LogP contribution in [0.4, 0.5) is 5.82 Å². The molecule has 0 aromatic carbocycles. The Morgan fingerprint density at radius 1 is 1.26 bits per heavy atom. The molecule has 0 spiro atoms. The first-order chi connectivity index (χ1) is 10.9. The van der Waals surface area contributed by atoms with Gasteiger partial charge in [-0.2, -0.15) is 5.10 Å². The molecule has 0 bridgehead atoms. The number of aromatic nitrogens is 5. The number of nitrogens with two attached hydrogens (primary N) is 1. The molecule has 0 aliphatic heterocycles. The minimum atomic E-state index is -0.230. The first-order valence-electron chi connectivity index (χ1n) is 7.53. The van der Waals surface area contributed by atoms with Gasteiger partial charge < -0.3 is 10.3 Å². The molecule has 3 aromatic heterocycles. The van der Waals surface area contributed by atoms with Crippen molar-refractivity contribution in [3.05, 3.63) is 15.7 Å². The van der Waals surface area contributed by atoms with Gasteiger partial charge in [0.15, 0.2) is 11.4 Å². The molecule has 0 atom stereocenters. The molecule has 3 heterocycles. The lowest BCUT2D eigenvalue weighted by atomic mass is 10.1. The highest BCUT2D eigenvalue weighted by atomic mass is 127. The minimum absolute atomic E-state index is 0.230. The Labute approximate surface area is 146 Å². The summed E-state index contributed by atoms with van der Waals surface area (Å²) in [6.07, 6.45) is 3.79. The maximum atomic E-state index is 6.11. The summed E-state index contributed by atoms with van der Waals surface area (Å²) < 4.78 is 8.45. The molecule has 7 nitrogen and oxygen atoms in total. The van der Waals surface area contributed by atoms with Gasteiger partial charge in [0.2, 0.25) is 0 Å². The van der Waals surface area contributed by atoms with Crippen LogP contribution in [0, 0.1) is 3.57 Å². The van der Waals surface area contributed by atoms with E-state index in [0.29, 0.717) is 23.1 Å². The van der Waals surface area contributed by atoms with Crippen molar-refractivity contribution in [2.24, 2.45) is 0 Å². The van der Waals surface area contributed by atoms with Crippen LogP contribution >= 0.6 is 22.6 Å². The van der Waals surface area contributed by atoms with E-state index in [4.69, 9.17) is 15.4 Å². The van der Waals surface area contributed by atoms with E-state index in [-0.39, 0.29) is 5.54 Å². The third-order valence-corrected chi connectivity index (χ3v) is 5.00. The zero-order valence-electron chi connectivity index (χ0n) is 13.2. The summed E-state index contributed by atoms with van der Waals surface area (Å²) in [5.41, 5.74) is 8.01. The van der Waals surface area contributed by atoms with E-state index in [9.17, 15) is 0 Å². The van der Waals surface area contributed by atoms with E-state index >= 15 is 0 Å². The fourth-order valence-electron chi connectivity index (χ4n) is 2.65. The van der Waals surface area contributed by atoms with Crippen molar-refractivity contribution in [3.8, 4) is 11.4 Å². The molecule has 0 saturated heterocycles. The summed E-state index contributed by atoms with van der Waals surface area (Å²) in [6, 6.07) is 0. The molecule has 0 amide bonds. The largest absolute Gasteiger partial charge is 0.383 e. The standard InChI is InChI=1S/C15H17IN6O/c1-15(2,3)22-14-8(13(17)18-6-19-14)10(20-22)11-9(16)12(23-21-11)7-4-5-7/h6-7H,4-5H2,1-3H3,(H2,17,18,19). The third kappa shape index (κ3) is 2.30. The van der Waals surface area contributed by atoms with E-state index in [1.807, 2.05) is 4.68 Å². The van der Waals surface area contributed by atoms with E-state index in [0.717, 1.165) is 33.3 Å². The number of halogens is 1. The maximum Gasteiger partial charge on any atom is 0.164 e. The summed E-state index contributed by atoms with van der Waals surface area (Å²) >= 11 is 2.28. The number of fused-ring (bicyclic) bond motifs is 1. The second kappa shape index (κ2) is 4.89. The van der Waals surface area contributed by atoms with E-state index in [1.165, 1.54) is 6.33 Å². The normalized spacial score (nSPS) is 15.5. The number of hydrogen-bond acceptors (Lipinski definition) is 6. The van der Waals surface area contributed by atoms with Gasteiger partial charge in [-0.3, -0.25) is 0 Å². The van der Waals surface area contributed by atoms with Gasteiger partial charge in [0.05, 0.1) is 14.5 Å². The Morgan fingerprint density at radius 2 is 2.00 bits per heavy atom. The van der Waals surface area contributed by atoms with Gasteiger partial charge in [-0.25, -0.2) is 14.6 Å². The van der Waals surface area contributed by atoms with Crippen LogP contribution in [0.15, 0.2) is 10.9 Å². The molecule has 120 valence electrons. The van der Waals surface area contributed by atoms with Crippen LogP contribution in [0.3, 0.4) is 0 Å². The molecule has 1 aliphatic carbocycles. The van der Waals surface area contributed by atoms with Crippen molar-refractivity contribution < 1.29 is 4.52 Å². The maximum absolute atomic E-state index is 6.11. The lowest BCUT2D eigenvalue weighted by molar-refractivity contribution is 0.365. The van der Waals surface area contributed by atoms with Gasteiger partial charge in [0.25, 0.3) is 0 Å². The molecule has 1 fully saturated rings. The lowest BCUT2D eigenvalue weighted by Gasteiger charge is -2.19. The molecule has 3 aromatic rings. The Hall–Kier alpha value is -1.71. The fourth-order valence-corrected chi connectivity index (χ4v) is 3.54. The van der Waals surface area contributed by atoms with Crippen LogP contribution in [0.5, 0.6) is 0 Å². The summed E-state index contributed by atoms with van der Waals surface area (Å²) in [7, 11) is 0. The summed E-state index contributed by atoms with van der Waals surface area (Å²) in [5, 5.41) is 9.75. The molecule has 1 aliphatic rings. The first-order valence-corrected chi connectivity index (χ1v) is 8.61. The minimum Gasteiger partial charge on any atom is -0.383 e. The Bertz CT molecular complexity index is 903. The van der Waals surface area contributed by atoms with Crippen LogP contribution in [0.1, 0.15) is 45.3 Å². The molecular formula is C15H17IN6O. The smallest absolute Gasteiger partial charge is 0.164 e. The van der Waals surface area contributed by atoms with Crippen LogP contribution in [0.25, 0.3) is 22.4 Å². The summed E-state index contributed by atoms with van der Waals surface area (Å²) in [6.45, 7) is 6.22. The Morgan fingerprint density at radius 3 is 2.65 bits per heavy atom. The zero-order valence-corrected chi connectivity index (χ0v) is 15.3. The van der Waals surface area contributed by atoms with Gasteiger partial charge in [0.1, 0.15) is 23.5 Å². The van der Waals surface area contributed by atoms with Gasteiger partial charge in [-0.1, -0.05) is 5.16 Å². The number of anilines is 1. The molecule has 1 saturated carbocycles. The highest BCUT2D eigenvalue weighted by molar-refractivity contribution is 14.1. The predicted octanol–water partition coefficient (Wildman–Crippen LogP) is 3.30. The van der Waals surface area contributed by atoms with Crippen molar-refractivity contribution in [2.75, 3.05) is 5.73 Å². The van der Waals surface area contributed by atoms with E-state index < -0.39 is 0 Å². The molecule has 23 heavy (non-hydrogen) atoms. The van der Waals surface area contributed by atoms with E-state index in [2.05, 4.69) is 58.5 Å². The van der Waals surface area contributed by atoms with Gasteiger partial charge in [-0.15, -0.1) is 0 Å². The third-order valence-electron chi connectivity index (χ3n) is 3.96. The van der Waals surface area contributed by atoms with Crippen LogP contribution in [0.2, 0.25) is 0 Å². The van der Waals surface area contributed by atoms with Crippen molar-refractivity contribution in [3.63, 3.8) is 0 Å². The van der Waals surface area contributed by atoms with Crippen molar-refractivity contribution in [2.45, 2.75) is 45.1 Å². The SMILES string of the molecule is CC(C)(C)n1nc(-c2noc(C3CC3)c2I)c2c(N)ncnc21. The van der Waals surface area contributed by atoms with Gasteiger partial charge in [0, 0.05) is 5.92 Å². The fraction of sp³-hybridized carbons (Fsp3) is 0.467. The average Bonchev–Trinajstić information content (AvgIpc) is 3.12. The zero-order chi connectivity index (χ0) is 16.4. The Kier molecular flexibility index (Phi) is 3.16. The molecule has 4 rings (SSSR count). The van der Waals surface area contributed by atoms with Gasteiger partial charge >= 0.3 is 0 Å². The Balaban J connectivity index is 2.00. The molecule has 0 unspecified atom stereocenters. The number of rotatable bonds is 2. The second-order valence-corrected chi connectivity index (χ2v) is 7.95. The average molecular weight is 424 g/mol. The van der Waals surface area contributed by atoms with Crippen LogP contribution in [-0.2, 0) is 5.54 Å². The highest BCUT2D eigenvalue weighted by Gasteiger charge is 2.34. The lowest BCUT2D eigenvalue weighted by Crippen LogP contribution is -2.23. The van der Waals surface area contributed by atoms with Crippen molar-refractivity contribution in [1.82, 2.24) is 24.9 Å². The van der Waals surface area contributed by atoms with Crippen LogP contribution in [-0.4, -0.2) is 24.9 Å². The summed E-state index contributed by atoms with van der Waals surface area (Å²) in [4.78, 5) is 8.51. The number of hydrogen-bond donors (Lipinski definition) is 1. The second-order valence-electron chi connectivity index (χ2n) is 6.87. The first kappa shape index (κ1) is 14.9. The predicted molar refractivity (Wildman–Crippen MR) is 94.9 cm³/mol. The van der Waals surface area contributed by atoms with Crippen molar-refractivity contribution in [1.29, 1.82) is 0 Å². The molecular weight excluding hydrogens is 407 g/mol. The molecule has 8 heteroatoms. The number of nitrogen functional groups attached to an aromatic ring is 1. The topological polar surface area (TPSA) is 95.7 Å². The highest BCUT2D eigenvalue weighted by Crippen LogP contribution is 2.45. The van der Waals surface area contributed by atoms with Gasteiger partial charge in [-0.05, 0) is 56.2 Å². The molecule has 2 N–H and O–H groups in total. The van der Waals surface area contributed by atoms with E-state index in [1.54, 1.807) is 0 Å². The number of nitrogens with zero attached hydrogens (tertiary/aromatic N) is 5. The quantitative estimate of drug-likeness (QED) is 0.635. The summed E-state index contributed by atoms with van der Waals surface area (Å²) in [5.74, 6) is 1.86. The monoisotopic (exact) mass is 424 g/mol. The van der Waals surface area contributed by atoms with Crippen molar-refractivity contribution >= 4 is 39.4 Å². The van der Waals surface area contributed by atoms with Crippen LogP contribution < -0.4 is 5.73 Å². The molecule has 0 radical (unpaired) electrons.